The second kappa shape index (κ2) is 23.3. The van der Waals surface area contributed by atoms with Crippen molar-refractivity contribution in [3.63, 3.8) is 0 Å². The van der Waals surface area contributed by atoms with E-state index in [2.05, 4.69) is 5.32 Å². The molecule has 0 radical (unpaired) electrons. The number of ether oxygens (including phenoxy) is 1. The maximum absolute atomic E-state index is 13.0. The van der Waals surface area contributed by atoms with Gasteiger partial charge in [0.1, 0.15) is 6.10 Å². The van der Waals surface area contributed by atoms with Crippen LogP contribution in [0.15, 0.2) is 0 Å². The van der Waals surface area contributed by atoms with Crippen LogP contribution in [0, 0.1) is 5.92 Å². The van der Waals surface area contributed by atoms with E-state index in [9.17, 15) is 4.79 Å². The molecule has 0 aliphatic heterocycles. The standard InChI is InChI=1S/C34H65NO2/c1-31(37-33-28-24-20-16-12-8-4-5-9-13-17-21-25-29-33)34(36)35-30-32-26-22-18-14-10-6-2-3-7-11-15-19-23-27-32/h31-33H,2-30H2,1H3,(H,35,36). The van der Waals surface area contributed by atoms with Crippen LogP contribution in [-0.2, 0) is 9.53 Å². The van der Waals surface area contributed by atoms with Crippen molar-refractivity contribution in [3.05, 3.63) is 0 Å². The van der Waals surface area contributed by atoms with E-state index in [-0.39, 0.29) is 18.1 Å². The van der Waals surface area contributed by atoms with Crippen LogP contribution in [-0.4, -0.2) is 24.7 Å². The van der Waals surface area contributed by atoms with Gasteiger partial charge in [0, 0.05) is 6.54 Å². The van der Waals surface area contributed by atoms with Gasteiger partial charge in [-0.05, 0) is 38.5 Å². The van der Waals surface area contributed by atoms with Crippen LogP contribution in [0.25, 0.3) is 0 Å². The lowest BCUT2D eigenvalue weighted by molar-refractivity contribution is -0.136. The van der Waals surface area contributed by atoms with Gasteiger partial charge in [-0.25, -0.2) is 0 Å². The lowest BCUT2D eigenvalue weighted by Gasteiger charge is -2.24. The zero-order valence-electron chi connectivity index (χ0n) is 25.1. The highest BCUT2D eigenvalue weighted by molar-refractivity contribution is 5.80. The van der Waals surface area contributed by atoms with E-state index in [0.29, 0.717) is 5.92 Å². The van der Waals surface area contributed by atoms with Gasteiger partial charge in [-0.1, -0.05) is 154 Å². The first-order valence-electron chi connectivity index (χ1n) is 17.2. The molecule has 2 aliphatic rings. The number of amides is 1. The van der Waals surface area contributed by atoms with E-state index >= 15 is 0 Å². The van der Waals surface area contributed by atoms with Gasteiger partial charge in [-0.3, -0.25) is 4.79 Å². The molecule has 218 valence electrons. The molecule has 0 saturated heterocycles. The fourth-order valence-corrected chi connectivity index (χ4v) is 6.51. The van der Waals surface area contributed by atoms with Gasteiger partial charge in [0.25, 0.3) is 0 Å². The molecule has 0 aromatic heterocycles. The number of hydrogen-bond donors (Lipinski definition) is 1. The van der Waals surface area contributed by atoms with E-state index in [1.165, 1.54) is 167 Å². The Bertz CT molecular complexity index is 490. The van der Waals surface area contributed by atoms with Crippen LogP contribution in [0.2, 0.25) is 0 Å². The van der Waals surface area contributed by atoms with Crippen LogP contribution in [0.1, 0.15) is 187 Å². The monoisotopic (exact) mass is 520 g/mol. The molecular weight excluding hydrogens is 454 g/mol. The van der Waals surface area contributed by atoms with E-state index < -0.39 is 0 Å². The highest BCUT2D eigenvalue weighted by Gasteiger charge is 2.20. The van der Waals surface area contributed by atoms with Gasteiger partial charge >= 0.3 is 0 Å². The highest BCUT2D eigenvalue weighted by Crippen LogP contribution is 2.22. The quantitative estimate of drug-likeness (QED) is 0.392. The largest absolute Gasteiger partial charge is 0.365 e. The Hall–Kier alpha value is -0.570. The normalized spacial score (nSPS) is 24.0. The number of carbonyl (C=O) groups is 1. The van der Waals surface area contributed by atoms with Crippen LogP contribution >= 0.6 is 0 Å². The average molecular weight is 520 g/mol. The van der Waals surface area contributed by atoms with Gasteiger partial charge in [0.15, 0.2) is 0 Å². The number of carbonyl (C=O) groups excluding carboxylic acids is 1. The first-order chi connectivity index (χ1) is 18.3. The van der Waals surface area contributed by atoms with Crippen molar-refractivity contribution in [2.24, 2.45) is 5.92 Å². The molecule has 3 nitrogen and oxygen atoms in total. The van der Waals surface area contributed by atoms with Crippen molar-refractivity contribution in [1.29, 1.82) is 0 Å². The van der Waals surface area contributed by atoms with Gasteiger partial charge in [-0.2, -0.15) is 0 Å². The predicted molar refractivity (Wildman–Crippen MR) is 160 cm³/mol. The fraction of sp³-hybridized carbons (Fsp3) is 0.971. The minimum Gasteiger partial charge on any atom is -0.365 e. The maximum Gasteiger partial charge on any atom is 0.248 e. The van der Waals surface area contributed by atoms with Crippen molar-refractivity contribution in [2.45, 2.75) is 199 Å². The summed E-state index contributed by atoms with van der Waals surface area (Å²) in [6.45, 7) is 2.83. The Balaban J connectivity index is 1.74. The maximum atomic E-state index is 13.0. The minimum absolute atomic E-state index is 0.117. The first-order valence-corrected chi connectivity index (χ1v) is 17.2. The number of hydrogen-bond acceptors (Lipinski definition) is 2. The molecule has 3 heteroatoms. The van der Waals surface area contributed by atoms with Crippen LogP contribution in [0.5, 0.6) is 0 Å². The summed E-state index contributed by atoms with van der Waals surface area (Å²) in [4.78, 5) is 13.0. The van der Waals surface area contributed by atoms with Gasteiger partial charge in [0.2, 0.25) is 5.91 Å². The molecule has 1 atom stereocenters. The van der Waals surface area contributed by atoms with Gasteiger partial charge in [-0.15, -0.1) is 0 Å². The van der Waals surface area contributed by atoms with Gasteiger partial charge < -0.3 is 10.1 Å². The number of rotatable bonds is 5. The molecule has 2 aliphatic carbocycles. The summed E-state index contributed by atoms with van der Waals surface area (Å²) in [7, 11) is 0. The molecule has 0 heterocycles. The number of nitrogens with one attached hydrogen (secondary N) is 1. The lowest BCUT2D eigenvalue weighted by Crippen LogP contribution is -2.39. The molecule has 1 unspecified atom stereocenters. The first kappa shape index (κ1) is 32.6. The van der Waals surface area contributed by atoms with Crippen molar-refractivity contribution in [3.8, 4) is 0 Å². The summed E-state index contributed by atoms with van der Waals surface area (Å²) in [5.74, 6) is 0.756. The van der Waals surface area contributed by atoms with Crippen LogP contribution < -0.4 is 5.32 Å². The molecule has 2 fully saturated rings. The van der Waals surface area contributed by atoms with Crippen molar-refractivity contribution in [1.82, 2.24) is 5.32 Å². The summed E-state index contributed by atoms with van der Waals surface area (Å²) in [6, 6.07) is 0. The Morgan fingerprint density at radius 1 is 0.541 bits per heavy atom. The van der Waals surface area contributed by atoms with E-state index in [4.69, 9.17) is 4.74 Å². The molecule has 0 bridgehead atoms. The summed E-state index contributed by atoms with van der Waals surface area (Å²) in [6.07, 6.45) is 37.8. The third-order valence-electron chi connectivity index (χ3n) is 9.11. The predicted octanol–water partition coefficient (Wildman–Crippen LogP) is 10.4. The molecular formula is C34H65NO2. The van der Waals surface area contributed by atoms with E-state index in [1.54, 1.807) is 0 Å². The molecule has 1 amide bonds. The van der Waals surface area contributed by atoms with Crippen molar-refractivity contribution >= 4 is 5.91 Å². The van der Waals surface area contributed by atoms with Crippen LogP contribution in [0.3, 0.4) is 0 Å². The molecule has 0 aromatic rings. The Morgan fingerprint density at radius 2 is 0.838 bits per heavy atom. The zero-order chi connectivity index (χ0) is 26.2. The second-order valence-electron chi connectivity index (χ2n) is 12.7. The SMILES string of the molecule is CC(OC1CCCCCCCCCCCCCC1)C(=O)NCC1CCCCCCCCCCCCCC1. The zero-order valence-corrected chi connectivity index (χ0v) is 25.1. The Morgan fingerprint density at radius 3 is 1.19 bits per heavy atom. The highest BCUT2D eigenvalue weighted by atomic mass is 16.5. The minimum atomic E-state index is -0.325. The molecule has 1 N–H and O–H groups in total. The summed E-state index contributed by atoms with van der Waals surface area (Å²) < 4.78 is 6.41. The van der Waals surface area contributed by atoms with Crippen LogP contribution in [0.4, 0.5) is 0 Å². The molecule has 0 aromatic carbocycles. The summed E-state index contributed by atoms with van der Waals surface area (Å²) in [5, 5.41) is 3.31. The van der Waals surface area contributed by atoms with Crippen molar-refractivity contribution in [2.75, 3.05) is 6.54 Å². The molecule has 0 spiro atoms. The Kier molecular flexibility index (Phi) is 20.6. The third kappa shape index (κ3) is 18.4. The van der Waals surface area contributed by atoms with Crippen molar-refractivity contribution < 1.29 is 9.53 Å². The summed E-state index contributed by atoms with van der Waals surface area (Å²) in [5.41, 5.74) is 0. The molecule has 37 heavy (non-hydrogen) atoms. The summed E-state index contributed by atoms with van der Waals surface area (Å²) >= 11 is 0. The van der Waals surface area contributed by atoms with Gasteiger partial charge in [0.05, 0.1) is 6.10 Å². The molecule has 2 rings (SSSR count). The van der Waals surface area contributed by atoms with E-state index in [0.717, 1.165) is 19.4 Å². The van der Waals surface area contributed by atoms with E-state index in [1.807, 2.05) is 6.92 Å². The Labute approximate surface area is 232 Å². The third-order valence-corrected chi connectivity index (χ3v) is 9.11. The average Bonchev–Trinajstić information content (AvgIpc) is 2.92. The fourth-order valence-electron chi connectivity index (χ4n) is 6.51. The molecule has 2 saturated carbocycles. The smallest absolute Gasteiger partial charge is 0.248 e. The topological polar surface area (TPSA) is 38.3 Å². The lowest BCUT2D eigenvalue weighted by atomic mass is 9.94. The second-order valence-corrected chi connectivity index (χ2v) is 12.7.